The van der Waals surface area contributed by atoms with E-state index in [9.17, 15) is 45.5 Å². The minimum Gasteiger partial charge on any atom is -0.468 e. The Morgan fingerprint density at radius 2 is 0.682 bits per heavy atom. The van der Waals surface area contributed by atoms with Crippen LogP contribution in [0, 0.1) is 48.8 Å². The zero-order valence-corrected chi connectivity index (χ0v) is 48.1. The van der Waals surface area contributed by atoms with Gasteiger partial charge in [-0.05, 0) is 91.7 Å². The van der Waals surface area contributed by atoms with Crippen molar-refractivity contribution in [3.8, 4) is 45.0 Å². The molecule has 0 fully saturated rings. The first-order chi connectivity index (χ1) is 42.4. The largest absolute Gasteiger partial charge is 0.468 e. The monoisotopic (exact) mass is 1200 g/mol. The Morgan fingerprint density at radius 3 is 1.09 bits per heavy atom. The zero-order valence-electron chi connectivity index (χ0n) is 48.1. The summed E-state index contributed by atoms with van der Waals surface area (Å²) in [6.45, 7) is 3.93. The quantitative estimate of drug-likeness (QED) is 0.0643. The zero-order chi connectivity index (χ0) is 62.8. The van der Waals surface area contributed by atoms with Gasteiger partial charge < -0.3 is 18.9 Å². The maximum atomic E-state index is 14.0. The van der Waals surface area contributed by atoms with Crippen LogP contribution in [0.15, 0.2) is 170 Å². The van der Waals surface area contributed by atoms with Crippen LogP contribution < -0.4 is 0 Å². The first kappa shape index (κ1) is 61.7. The molecule has 0 N–H and O–H groups in total. The molecule has 0 unspecified atom stereocenters. The minimum absolute atomic E-state index is 0.0554. The van der Waals surface area contributed by atoms with Gasteiger partial charge in [0.15, 0.2) is 11.6 Å². The van der Waals surface area contributed by atoms with Gasteiger partial charge >= 0.3 is 23.9 Å². The lowest BCUT2D eigenvalue weighted by atomic mass is 9.98. The van der Waals surface area contributed by atoms with Crippen LogP contribution in [0.1, 0.15) is 11.1 Å². The van der Waals surface area contributed by atoms with Gasteiger partial charge in [-0.3, -0.25) is 37.9 Å². The number of carbonyl (C=O) groups excluding carboxylic acids is 4. The molecule has 16 nitrogen and oxygen atoms in total. The van der Waals surface area contributed by atoms with Crippen molar-refractivity contribution in [3.63, 3.8) is 0 Å². The molecule has 0 aliphatic carbocycles. The number of esters is 4. The van der Waals surface area contributed by atoms with Crippen LogP contribution in [0.5, 0.6) is 0 Å². The number of hydrogen-bond donors (Lipinski definition) is 0. The number of methoxy groups -OCH3 is 4. The van der Waals surface area contributed by atoms with Crippen molar-refractivity contribution < 1.29 is 64.5 Å². The van der Waals surface area contributed by atoms with E-state index in [4.69, 9.17) is 4.74 Å². The van der Waals surface area contributed by atoms with Crippen molar-refractivity contribution in [1.29, 1.82) is 0 Å². The van der Waals surface area contributed by atoms with Gasteiger partial charge in [0.25, 0.3) is 0 Å². The third-order valence-corrected chi connectivity index (χ3v) is 14.0. The fraction of sp³-hybridized carbons (Fsp3) is 0.152. The van der Waals surface area contributed by atoms with E-state index in [2.05, 4.69) is 60.6 Å². The highest BCUT2D eigenvalue weighted by atomic mass is 19.2. The number of para-hydroxylation sites is 4. The van der Waals surface area contributed by atoms with Crippen LogP contribution in [0.2, 0.25) is 0 Å². The smallest absolute Gasteiger partial charge is 0.327 e. The second-order valence-electron chi connectivity index (χ2n) is 19.5. The molecule has 0 bridgehead atoms. The predicted octanol–water partition coefficient (Wildman–Crippen LogP) is 13.0. The molecule has 0 spiro atoms. The minimum atomic E-state index is -0.962. The maximum absolute atomic E-state index is 14.0. The number of aromatic nitrogens is 8. The summed E-state index contributed by atoms with van der Waals surface area (Å²) in [5, 5.41) is 20.3. The lowest BCUT2D eigenvalue weighted by Gasteiger charge is -2.07. The number of nitrogens with zero attached hydrogens (tertiary/aromatic N) is 8. The average Bonchev–Trinajstić information content (AvgIpc) is 2.89. The van der Waals surface area contributed by atoms with Crippen LogP contribution in [0.4, 0.5) is 26.3 Å². The van der Waals surface area contributed by atoms with Crippen molar-refractivity contribution in [3.05, 3.63) is 216 Å². The highest BCUT2D eigenvalue weighted by molar-refractivity contribution is 5.97. The molecule has 0 radical (unpaired) electrons. The second-order valence-corrected chi connectivity index (χ2v) is 19.5. The Morgan fingerprint density at radius 1 is 0.352 bits per heavy atom. The summed E-state index contributed by atoms with van der Waals surface area (Å²) in [6.07, 6.45) is 0. The summed E-state index contributed by atoms with van der Waals surface area (Å²) < 4.78 is 108. The Balaban J connectivity index is 0.000000140. The Bertz CT molecular complexity index is 4300. The average molecular weight is 1200 g/mol. The fourth-order valence-corrected chi connectivity index (χ4v) is 9.78. The third kappa shape index (κ3) is 13.3. The topological polar surface area (TPSA) is 176 Å². The van der Waals surface area contributed by atoms with Crippen molar-refractivity contribution in [2.45, 2.75) is 40.0 Å². The number of benzene rings is 8. The van der Waals surface area contributed by atoms with E-state index in [1.165, 1.54) is 83.9 Å². The number of fused-ring (bicyclic) bond motifs is 4. The molecule has 0 aliphatic heterocycles. The van der Waals surface area contributed by atoms with E-state index in [1.807, 2.05) is 30.3 Å². The molecule has 8 aromatic carbocycles. The SMILES string of the molecule is COC(=O)Cn1nc(-c2c(C)cccc2C)c2ccccc21.COC(=O)Cn1nc(-c2c(F)cccc2F)c2ccccc21.COC(=O)Cn1nc(-c2cc(F)ccc2F)c2ccccc21.COC(=O)Cn1nc(-c2cccc(F)c2F)c2ccccc21. The third-order valence-electron chi connectivity index (χ3n) is 14.0. The van der Waals surface area contributed by atoms with E-state index in [0.717, 1.165) is 46.4 Å². The highest BCUT2D eigenvalue weighted by Gasteiger charge is 2.23. The van der Waals surface area contributed by atoms with Gasteiger partial charge in [-0.15, -0.1) is 0 Å². The van der Waals surface area contributed by atoms with Crippen LogP contribution in [0.25, 0.3) is 88.6 Å². The number of ether oxygens (including phenoxy) is 4. The molecular formula is C66H54F6N8O8. The van der Waals surface area contributed by atoms with Gasteiger partial charge in [0, 0.05) is 38.2 Å². The first-order valence-electron chi connectivity index (χ1n) is 26.9. The Hall–Kier alpha value is -10.9. The van der Waals surface area contributed by atoms with E-state index < -0.39 is 52.8 Å². The van der Waals surface area contributed by atoms with Gasteiger partial charge in [-0.25, -0.2) is 26.3 Å². The molecule has 0 atom stereocenters. The lowest BCUT2D eigenvalue weighted by Crippen LogP contribution is -2.12. The number of carbonyl (C=O) groups is 4. The predicted molar refractivity (Wildman–Crippen MR) is 318 cm³/mol. The first-order valence-corrected chi connectivity index (χ1v) is 26.9. The van der Waals surface area contributed by atoms with Crippen LogP contribution in [0.3, 0.4) is 0 Å². The van der Waals surface area contributed by atoms with Crippen molar-refractivity contribution >= 4 is 67.5 Å². The van der Waals surface area contributed by atoms with Gasteiger partial charge in [0.2, 0.25) is 0 Å². The van der Waals surface area contributed by atoms with Crippen LogP contribution in [-0.2, 0) is 64.3 Å². The molecule has 12 rings (SSSR count). The lowest BCUT2D eigenvalue weighted by molar-refractivity contribution is -0.142. The van der Waals surface area contributed by atoms with E-state index in [0.29, 0.717) is 32.7 Å². The molecule has 22 heteroatoms. The Kier molecular flexibility index (Phi) is 19.2. The summed E-state index contributed by atoms with van der Waals surface area (Å²) >= 11 is 0. The molecule has 4 heterocycles. The Labute approximate surface area is 498 Å². The van der Waals surface area contributed by atoms with Crippen LogP contribution >= 0.6 is 0 Å². The fourth-order valence-electron chi connectivity index (χ4n) is 9.78. The summed E-state index contributed by atoms with van der Waals surface area (Å²) in [5.41, 5.74) is 7.86. The molecule has 0 saturated carbocycles. The summed E-state index contributed by atoms with van der Waals surface area (Å²) in [6, 6.07) is 46.0. The number of halogens is 6. The molecule has 0 saturated heterocycles. The number of rotatable bonds is 12. The van der Waals surface area contributed by atoms with E-state index in [-0.39, 0.29) is 65.9 Å². The normalized spacial score (nSPS) is 10.9. The molecule has 0 amide bonds. The summed E-state index contributed by atoms with van der Waals surface area (Å²) in [4.78, 5) is 46.0. The van der Waals surface area contributed by atoms with Crippen molar-refractivity contribution in [1.82, 2.24) is 39.1 Å². The van der Waals surface area contributed by atoms with Gasteiger partial charge in [-0.2, -0.15) is 20.4 Å². The summed E-state index contributed by atoms with van der Waals surface area (Å²) in [5.74, 6) is -6.17. The van der Waals surface area contributed by atoms with Crippen LogP contribution in [-0.4, -0.2) is 91.4 Å². The van der Waals surface area contributed by atoms with E-state index in [1.54, 1.807) is 77.5 Å². The number of hydrogen-bond acceptors (Lipinski definition) is 12. The maximum Gasteiger partial charge on any atom is 0.327 e. The highest BCUT2D eigenvalue weighted by Crippen LogP contribution is 2.36. The molecule has 88 heavy (non-hydrogen) atoms. The van der Waals surface area contributed by atoms with Gasteiger partial charge in [0.1, 0.15) is 72.2 Å². The second kappa shape index (κ2) is 27.4. The molecule has 12 aromatic rings. The van der Waals surface area contributed by atoms with Crippen molar-refractivity contribution in [2.75, 3.05) is 28.4 Å². The molecule has 4 aromatic heterocycles. The molecular weight excluding hydrogens is 1150 g/mol. The molecule has 448 valence electrons. The van der Waals surface area contributed by atoms with E-state index >= 15 is 0 Å². The number of aryl methyl sites for hydroxylation is 2. The molecule has 0 aliphatic rings. The van der Waals surface area contributed by atoms with Gasteiger partial charge in [-0.1, -0.05) is 103 Å². The van der Waals surface area contributed by atoms with Crippen molar-refractivity contribution in [2.24, 2.45) is 0 Å². The van der Waals surface area contributed by atoms with Gasteiger partial charge in [0.05, 0.1) is 56.1 Å². The standard InChI is InChI=1S/C18H18N2O2.3C16H12F2N2O2/c1-12-7-6-8-13(2)17(12)18-14-9-4-5-10-15(14)20(19-18)11-16(21)22-3;1-22-14(21)9-20-13-8-3-2-5-10(13)16(19-20)15-11(17)6-4-7-12(15)18;1-22-14(21)9-20-13-8-3-2-5-10(13)16(19-20)11-6-4-7-12(17)15(11)18;1-22-15(21)9-20-14-5-3-2-4-11(14)16(19-20)12-8-10(17)6-7-13(12)18/h4-10H,11H2,1-3H3;3*2-8H,9H2,1H3. The summed E-state index contributed by atoms with van der Waals surface area (Å²) in [7, 11) is 5.22.